The Morgan fingerprint density at radius 2 is 2.00 bits per heavy atom. The molecular weight excluding hydrogens is 250 g/mol. The summed E-state index contributed by atoms with van der Waals surface area (Å²) in [6.07, 6.45) is 2.34. The van der Waals surface area contributed by atoms with Crippen molar-refractivity contribution in [2.75, 3.05) is 13.2 Å². The zero-order chi connectivity index (χ0) is 13.2. The fourth-order valence-corrected chi connectivity index (χ4v) is 4.01. The van der Waals surface area contributed by atoms with Crippen LogP contribution in [0.3, 0.4) is 0 Å². The molecule has 0 unspecified atom stereocenters. The summed E-state index contributed by atoms with van der Waals surface area (Å²) in [5.41, 5.74) is 0.771. The van der Waals surface area contributed by atoms with Crippen molar-refractivity contribution < 1.29 is 13.5 Å². The van der Waals surface area contributed by atoms with Gasteiger partial charge in [-0.25, -0.2) is 8.42 Å². The van der Waals surface area contributed by atoms with E-state index in [4.69, 9.17) is 5.11 Å². The SMILES string of the molecule is Cc1ccccc1S(=O)(=O)N(CCCO)C1CC1. The van der Waals surface area contributed by atoms with E-state index in [1.54, 1.807) is 16.4 Å². The van der Waals surface area contributed by atoms with Crippen LogP contribution in [0.1, 0.15) is 24.8 Å². The van der Waals surface area contributed by atoms with E-state index in [2.05, 4.69) is 0 Å². The summed E-state index contributed by atoms with van der Waals surface area (Å²) in [5, 5.41) is 8.89. The van der Waals surface area contributed by atoms with E-state index in [0.717, 1.165) is 18.4 Å². The third-order valence-corrected chi connectivity index (χ3v) is 5.28. The maximum Gasteiger partial charge on any atom is 0.243 e. The molecule has 1 fully saturated rings. The number of aryl methyl sites for hydroxylation is 1. The molecule has 1 aliphatic rings. The van der Waals surface area contributed by atoms with Gasteiger partial charge in [0.2, 0.25) is 10.0 Å². The first-order valence-electron chi connectivity index (χ1n) is 6.25. The van der Waals surface area contributed by atoms with Gasteiger partial charge in [-0.05, 0) is 37.8 Å². The molecule has 18 heavy (non-hydrogen) atoms. The molecule has 1 saturated carbocycles. The quantitative estimate of drug-likeness (QED) is 0.852. The molecular formula is C13H19NO3S. The molecule has 0 heterocycles. The van der Waals surface area contributed by atoms with Crippen molar-refractivity contribution in [1.29, 1.82) is 0 Å². The molecule has 0 aliphatic heterocycles. The number of aliphatic hydroxyl groups is 1. The van der Waals surface area contributed by atoms with Gasteiger partial charge in [0.1, 0.15) is 0 Å². The van der Waals surface area contributed by atoms with Crippen LogP contribution in [-0.2, 0) is 10.0 Å². The molecule has 4 nitrogen and oxygen atoms in total. The lowest BCUT2D eigenvalue weighted by Gasteiger charge is -2.22. The van der Waals surface area contributed by atoms with Gasteiger partial charge in [0.25, 0.3) is 0 Å². The molecule has 0 radical (unpaired) electrons. The predicted octanol–water partition coefficient (Wildman–Crippen LogP) is 1.53. The zero-order valence-electron chi connectivity index (χ0n) is 10.5. The Balaban J connectivity index is 2.30. The molecule has 100 valence electrons. The molecule has 0 atom stereocenters. The van der Waals surface area contributed by atoms with Gasteiger partial charge in [0.15, 0.2) is 0 Å². The van der Waals surface area contributed by atoms with Crippen LogP contribution in [0.5, 0.6) is 0 Å². The lowest BCUT2D eigenvalue weighted by atomic mass is 10.2. The topological polar surface area (TPSA) is 57.6 Å². The Hall–Kier alpha value is -0.910. The number of sulfonamides is 1. The summed E-state index contributed by atoms with van der Waals surface area (Å²) in [5.74, 6) is 0. The highest BCUT2D eigenvalue weighted by molar-refractivity contribution is 7.89. The average Bonchev–Trinajstić information content (AvgIpc) is 3.14. The highest BCUT2D eigenvalue weighted by atomic mass is 32.2. The Kier molecular flexibility index (Phi) is 4.04. The second-order valence-electron chi connectivity index (χ2n) is 4.69. The second kappa shape index (κ2) is 5.38. The smallest absolute Gasteiger partial charge is 0.243 e. The first-order valence-corrected chi connectivity index (χ1v) is 7.69. The number of benzene rings is 1. The summed E-state index contributed by atoms with van der Waals surface area (Å²) in [7, 11) is -3.42. The molecule has 0 spiro atoms. The lowest BCUT2D eigenvalue weighted by molar-refractivity contribution is 0.267. The number of hydrogen-bond donors (Lipinski definition) is 1. The average molecular weight is 269 g/mol. The minimum Gasteiger partial charge on any atom is -0.396 e. The van der Waals surface area contributed by atoms with Crippen molar-refractivity contribution in [2.24, 2.45) is 0 Å². The molecule has 5 heteroatoms. The van der Waals surface area contributed by atoms with Gasteiger partial charge in [0.05, 0.1) is 4.90 Å². The largest absolute Gasteiger partial charge is 0.396 e. The van der Waals surface area contributed by atoms with Gasteiger partial charge in [-0.1, -0.05) is 18.2 Å². The predicted molar refractivity (Wildman–Crippen MR) is 69.8 cm³/mol. The third-order valence-electron chi connectivity index (χ3n) is 3.17. The Morgan fingerprint density at radius 3 is 2.56 bits per heavy atom. The molecule has 1 aromatic rings. The van der Waals surface area contributed by atoms with E-state index in [1.807, 2.05) is 19.1 Å². The fraction of sp³-hybridized carbons (Fsp3) is 0.538. The third kappa shape index (κ3) is 2.74. The number of rotatable bonds is 6. The van der Waals surface area contributed by atoms with Crippen molar-refractivity contribution >= 4 is 10.0 Å². The van der Waals surface area contributed by atoms with Gasteiger partial charge in [-0.15, -0.1) is 0 Å². The van der Waals surface area contributed by atoms with Crippen molar-refractivity contribution in [3.8, 4) is 0 Å². The molecule has 1 aromatic carbocycles. The molecule has 0 saturated heterocycles. The normalized spacial score (nSPS) is 16.2. The van der Waals surface area contributed by atoms with Crippen LogP contribution >= 0.6 is 0 Å². The van der Waals surface area contributed by atoms with Gasteiger partial charge < -0.3 is 5.11 Å². The van der Waals surface area contributed by atoms with E-state index in [9.17, 15) is 8.42 Å². The zero-order valence-corrected chi connectivity index (χ0v) is 11.4. The Bertz CT molecular complexity index is 509. The standard InChI is InChI=1S/C13H19NO3S/c1-11-5-2-3-6-13(11)18(16,17)14(9-4-10-15)12-7-8-12/h2-3,5-6,12,15H,4,7-10H2,1H3. The van der Waals surface area contributed by atoms with Crippen LogP contribution < -0.4 is 0 Å². The first kappa shape index (κ1) is 13.5. The maximum atomic E-state index is 12.6. The van der Waals surface area contributed by atoms with Crippen LogP contribution in [0, 0.1) is 6.92 Å². The fourth-order valence-electron chi connectivity index (χ4n) is 2.06. The highest BCUT2D eigenvalue weighted by Crippen LogP contribution is 2.32. The highest BCUT2D eigenvalue weighted by Gasteiger charge is 2.37. The van der Waals surface area contributed by atoms with E-state index in [1.165, 1.54) is 0 Å². The Labute approximate surface area is 108 Å². The lowest BCUT2D eigenvalue weighted by Crippen LogP contribution is -2.34. The van der Waals surface area contributed by atoms with Gasteiger partial charge in [-0.2, -0.15) is 4.31 Å². The summed E-state index contributed by atoms with van der Waals surface area (Å²) in [4.78, 5) is 0.384. The number of nitrogens with zero attached hydrogens (tertiary/aromatic N) is 1. The molecule has 1 aliphatic carbocycles. The van der Waals surface area contributed by atoms with Crippen molar-refractivity contribution in [3.05, 3.63) is 29.8 Å². The maximum absolute atomic E-state index is 12.6. The molecule has 2 rings (SSSR count). The minimum absolute atomic E-state index is 0.0203. The van der Waals surface area contributed by atoms with Crippen molar-refractivity contribution in [1.82, 2.24) is 4.31 Å². The minimum atomic E-state index is -3.42. The summed E-state index contributed by atoms with van der Waals surface area (Å²) in [6.45, 7) is 2.23. The van der Waals surface area contributed by atoms with Crippen LogP contribution in [0.4, 0.5) is 0 Å². The Morgan fingerprint density at radius 1 is 1.33 bits per heavy atom. The number of aliphatic hydroxyl groups excluding tert-OH is 1. The molecule has 1 N–H and O–H groups in total. The summed E-state index contributed by atoms with van der Waals surface area (Å²) >= 11 is 0. The van der Waals surface area contributed by atoms with Crippen LogP contribution in [0.2, 0.25) is 0 Å². The molecule has 0 amide bonds. The van der Waals surface area contributed by atoms with Gasteiger partial charge in [0, 0.05) is 19.2 Å². The molecule has 0 bridgehead atoms. The van der Waals surface area contributed by atoms with Gasteiger partial charge >= 0.3 is 0 Å². The summed E-state index contributed by atoms with van der Waals surface area (Å²) in [6, 6.07) is 7.17. The van der Waals surface area contributed by atoms with E-state index >= 15 is 0 Å². The summed E-state index contributed by atoms with van der Waals surface area (Å²) < 4.78 is 26.7. The van der Waals surface area contributed by atoms with Gasteiger partial charge in [-0.3, -0.25) is 0 Å². The van der Waals surface area contributed by atoms with Crippen LogP contribution in [-0.4, -0.2) is 37.0 Å². The van der Waals surface area contributed by atoms with Crippen LogP contribution in [0.25, 0.3) is 0 Å². The van der Waals surface area contributed by atoms with E-state index < -0.39 is 10.0 Å². The first-order chi connectivity index (χ1) is 8.57. The monoisotopic (exact) mass is 269 g/mol. The second-order valence-corrected chi connectivity index (χ2v) is 6.55. The van der Waals surface area contributed by atoms with Crippen molar-refractivity contribution in [3.63, 3.8) is 0 Å². The van der Waals surface area contributed by atoms with Crippen LogP contribution in [0.15, 0.2) is 29.2 Å². The van der Waals surface area contributed by atoms with E-state index in [-0.39, 0.29) is 12.6 Å². The molecule has 0 aromatic heterocycles. The number of hydrogen-bond acceptors (Lipinski definition) is 3. The van der Waals surface area contributed by atoms with E-state index in [0.29, 0.717) is 17.9 Å². The van der Waals surface area contributed by atoms with Crippen molar-refractivity contribution in [2.45, 2.75) is 37.1 Å².